The Kier molecular flexibility index (Phi) is 5.18. The van der Waals surface area contributed by atoms with Gasteiger partial charge >= 0.3 is 17.6 Å². The second kappa shape index (κ2) is 7.69. The summed E-state index contributed by atoms with van der Waals surface area (Å²) >= 11 is 3.39. The molecule has 1 spiro atoms. The van der Waals surface area contributed by atoms with E-state index in [0.717, 1.165) is 5.01 Å². The van der Waals surface area contributed by atoms with Crippen LogP contribution in [-0.4, -0.2) is 46.9 Å². The van der Waals surface area contributed by atoms with E-state index in [1.54, 1.807) is 37.3 Å². The first-order valence-corrected chi connectivity index (χ1v) is 10.2. The highest BCUT2D eigenvalue weighted by Gasteiger charge is 2.63. The predicted octanol–water partition coefficient (Wildman–Crippen LogP) is 2.46. The number of rotatable bonds is 4. The average molecular weight is 488 g/mol. The minimum absolute atomic E-state index is 0.0347. The lowest BCUT2D eigenvalue weighted by Crippen LogP contribution is -2.52. The van der Waals surface area contributed by atoms with Crippen LogP contribution >= 0.6 is 15.9 Å². The Hall–Kier alpha value is -3.40. The standard InChI is InChI=1S/C21H18BrN3O6/c1-3-30-18(28)11-24-17-9-6-14(22)10-16(17)21(20(24)29)25(12(2)26)23-19(31-21)13-4-7-15(27)8-5-13/h4-10,27H,3,11H2,1-2H3/t21-/m0/s1. The van der Waals surface area contributed by atoms with Gasteiger partial charge in [0, 0.05) is 17.0 Å². The third kappa shape index (κ3) is 3.32. The summed E-state index contributed by atoms with van der Waals surface area (Å²) in [6.45, 7) is 2.77. The molecule has 31 heavy (non-hydrogen) atoms. The first-order valence-electron chi connectivity index (χ1n) is 9.43. The van der Waals surface area contributed by atoms with E-state index in [2.05, 4.69) is 21.0 Å². The summed E-state index contributed by atoms with van der Waals surface area (Å²) in [7, 11) is 0. The number of phenolic OH excluding ortho intramolecular Hbond substituents is 1. The molecule has 0 radical (unpaired) electrons. The summed E-state index contributed by atoms with van der Waals surface area (Å²) in [6.07, 6.45) is 0. The minimum atomic E-state index is -1.90. The maximum absolute atomic E-state index is 13.7. The SMILES string of the molecule is CCOC(=O)CN1C(=O)[C@@]2(OC(c3ccc(O)cc3)=NN2C(C)=O)c2cc(Br)ccc21. The molecule has 2 amide bonds. The number of carbonyl (C=O) groups excluding carboxylic acids is 3. The fraction of sp³-hybridized carbons (Fsp3) is 0.238. The van der Waals surface area contributed by atoms with Crippen LogP contribution in [0.1, 0.15) is 25.0 Å². The topological polar surface area (TPSA) is 109 Å². The Morgan fingerprint density at radius 3 is 2.58 bits per heavy atom. The first kappa shape index (κ1) is 20.9. The second-order valence-corrected chi connectivity index (χ2v) is 7.80. The van der Waals surface area contributed by atoms with Gasteiger partial charge in [-0.1, -0.05) is 15.9 Å². The monoisotopic (exact) mass is 487 g/mol. The van der Waals surface area contributed by atoms with Gasteiger partial charge in [-0.15, -0.1) is 5.10 Å². The molecule has 0 saturated carbocycles. The third-order valence-electron chi connectivity index (χ3n) is 4.89. The number of hydrogen-bond acceptors (Lipinski definition) is 7. The van der Waals surface area contributed by atoms with Gasteiger partial charge < -0.3 is 14.6 Å². The number of nitrogens with zero attached hydrogens (tertiary/aromatic N) is 3. The second-order valence-electron chi connectivity index (χ2n) is 6.89. The van der Waals surface area contributed by atoms with Crippen molar-refractivity contribution in [1.82, 2.24) is 5.01 Å². The van der Waals surface area contributed by atoms with Crippen LogP contribution in [0.3, 0.4) is 0 Å². The number of anilines is 1. The van der Waals surface area contributed by atoms with Crippen molar-refractivity contribution in [2.24, 2.45) is 5.10 Å². The van der Waals surface area contributed by atoms with E-state index >= 15 is 0 Å². The molecule has 1 N–H and O–H groups in total. The normalized spacial score (nSPS) is 19.3. The number of benzene rings is 2. The first-order chi connectivity index (χ1) is 14.8. The molecule has 0 saturated heterocycles. The molecule has 0 aromatic heterocycles. The number of halogens is 1. The molecule has 160 valence electrons. The molecule has 10 heteroatoms. The van der Waals surface area contributed by atoms with E-state index in [-0.39, 0.29) is 24.8 Å². The summed E-state index contributed by atoms with van der Waals surface area (Å²) in [5, 5.41) is 14.8. The van der Waals surface area contributed by atoms with Gasteiger partial charge in [-0.25, -0.2) is 0 Å². The Balaban J connectivity index is 1.83. The van der Waals surface area contributed by atoms with Crippen LogP contribution in [0, 0.1) is 0 Å². The van der Waals surface area contributed by atoms with Gasteiger partial charge in [-0.3, -0.25) is 19.3 Å². The number of phenols is 1. The lowest BCUT2D eigenvalue weighted by molar-refractivity contribution is -0.162. The zero-order chi connectivity index (χ0) is 22.3. The van der Waals surface area contributed by atoms with E-state index in [1.165, 1.54) is 24.0 Å². The van der Waals surface area contributed by atoms with Gasteiger partial charge in [-0.05, 0) is 49.4 Å². The Bertz CT molecular complexity index is 1120. The van der Waals surface area contributed by atoms with Crippen molar-refractivity contribution in [2.45, 2.75) is 19.6 Å². The highest BCUT2D eigenvalue weighted by atomic mass is 79.9. The lowest BCUT2D eigenvalue weighted by Gasteiger charge is -2.29. The number of carbonyl (C=O) groups is 3. The number of hydrogen-bond donors (Lipinski definition) is 1. The fourth-order valence-electron chi connectivity index (χ4n) is 3.60. The molecule has 1 atom stereocenters. The maximum atomic E-state index is 13.7. The van der Waals surface area contributed by atoms with E-state index in [4.69, 9.17) is 9.47 Å². The van der Waals surface area contributed by atoms with E-state index < -0.39 is 23.5 Å². The quantitative estimate of drug-likeness (QED) is 0.663. The van der Waals surface area contributed by atoms with E-state index in [0.29, 0.717) is 21.3 Å². The van der Waals surface area contributed by atoms with Gasteiger partial charge in [0.25, 0.3) is 0 Å². The number of esters is 1. The average Bonchev–Trinajstić information content (AvgIpc) is 3.23. The van der Waals surface area contributed by atoms with Crippen molar-refractivity contribution < 1.29 is 29.0 Å². The van der Waals surface area contributed by atoms with Crippen molar-refractivity contribution in [1.29, 1.82) is 0 Å². The Labute approximate surface area is 186 Å². The number of amides is 2. The van der Waals surface area contributed by atoms with Crippen LogP contribution in [0.15, 0.2) is 52.0 Å². The summed E-state index contributed by atoms with van der Waals surface area (Å²) in [5.74, 6) is -1.67. The highest BCUT2D eigenvalue weighted by Crippen LogP contribution is 2.49. The molecule has 0 fully saturated rings. The van der Waals surface area contributed by atoms with Crippen LogP contribution in [-0.2, 0) is 29.6 Å². The predicted molar refractivity (Wildman–Crippen MR) is 113 cm³/mol. The summed E-state index contributed by atoms with van der Waals surface area (Å²) in [6, 6.07) is 11.0. The zero-order valence-corrected chi connectivity index (χ0v) is 18.2. The molecular formula is C21H18BrN3O6. The summed E-state index contributed by atoms with van der Waals surface area (Å²) in [4.78, 5) is 39.6. The van der Waals surface area contributed by atoms with Crippen molar-refractivity contribution in [2.75, 3.05) is 18.1 Å². The molecule has 0 unspecified atom stereocenters. The van der Waals surface area contributed by atoms with Gasteiger partial charge in [-0.2, -0.15) is 5.01 Å². The molecule has 2 aliphatic heterocycles. The van der Waals surface area contributed by atoms with Crippen LogP contribution < -0.4 is 4.90 Å². The number of fused-ring (bicyclic) bond motifs is 2. The van der Waals surface area contributed by atoms with Crippen LogP contribution in [0.5, 0.6) is 5.75 Å². The lowest BCUT2D eigenvalue weighted by atomic mass is 10.0. The zero-order valence-electron chi connectivity index (χ0n) is 16.7. The molecule has 2 aromatic carbocycles. The molecule has 2 aromatic rings. The molecule has 0 bridgehead atoms. The third-order valence-corrected chi connectivity index (χ3v) is 5.38. The van der Waals surface area contributed by atoms with Crippen LogP contribution in [0.2, 0.25) is 0 Å². The summed E-state index contributed by atoms with van der Waals surface area (Å²) in [5.41, 5.74) is -0.655. The minimum Gasteiger partial charge on any atom is -0.508 e. The van der Waals surface area contributed by atoms with Crippen molar-refractivity contribution in [3.8, 4) is 5.75 Å². The smallest absolute Gasteiger partial charge is 0.326 e. The van der Waals surface area contributed by atoms with Crippen molar-refractivity contribution >= 4 is 45.3 Å². The van der Waals surface area contributed by atoms with Crippen molar-refractivity contribution in [3.05, 3.63) is 58.1 Å². The molecule has 4 rings (SSSR count). The number of hydrazone groups is 1. The number of ether oxygens (including phenoxy) is 2. The fourth-order valence-corrected chi connectivity index (χ4v) is 3.96. The van der Waals surface area contributed by atoms with E-state index in [1.807, 2.05) is 0 Å². The molecule has 2 heterocycles. The van der Waals surface area contributed by atoms with Crippen molar-refractivity contribution in [3.63, 3.8) is 0 Å². The van der Waals surface area contributed by atoms with Crippen LogP contribution in [0.25, 0.3) is 0 Å². The van der Waals surface area contributed by atoms with Gasteiger partial charge in [0.15, 0.2) is 0 Å². The van der Waals surface area contributed by atoms with Gasteiger partial charge in [0.2, 0.25) is 11.8 Å². The van der Waals surface area contributed by atoms with Gasteiger partial charge in [0.1, 0.15) is 12.3 Å². The Morgan fingerprint density at radius 2 is 1.94 bits per heavy atom. The molecule has 0 aliphatic carbocycles. The Morgan fingerprint density at radius 1 is 1.23 bits per heavy atom. The highest BCUT2D eigenvalue weighted by molar-refractivity contribution is 9.10. The van der Waals surface area contributed by atoms with E-state index in [9.17, 15) is 19.5 Å². The maximum Gasteiger partial charge on any atom is 0.326 e. The summed E-state index contributed by atoms with van der Waals surface area (Å²) < 4.78 is 11.7. The molecule has 2 aliphatic rings. The van der Waals surface area contributed by atoms with Gasteiger partial charge in [0.05, 0.1) is 17.9 Å². The largest absolute Gasteiger partial charge is 0.508 e. The molecular weight excluding hydrogens is 470 g/mol. The van der Waals surface area contributed by atoms with Crippen LogP contribution in [0.4, 0.5) is 5.69 Å². The molecule has 9 nitrogen and oxygen atoms in total. The number of aromatic hydroxyl groups is 1.